The number of morpholine rings is 1. The number of hydrogen-bond donors (Lipinski definition) is 1. The quantitative estimate of drug-likeness (QED) is 0.281. The van der Waals surface area contributed by atoms with E-state index < -0.39 is 5.97 Å². The van der Waals surface area contributed by atoms with Crippen LogP contribution in [-0.2, 0) is 14.3 Å². The molecule has 1 N–H and O–H groups in total. The van der Waals surface area contributed by atoms with Gasteiger partial charge >= 0.3 is 5.97 Å². The van der Waals surface area contributed by atoms with Crippen LogP contribution in [0.3, 0.4) is 0 Å². The first-order chi connectivity index (χ1) is 13.0. The lowest BCUT2D eigenvalue weighted by molar-refractivity contribution is -0.132. The molecule has 1 aromatic heterocycles. The van der Waals surface area contributed by atoms with E-state index in [0.717, 1.165) is 0 Å². The van der Waals surface area contributed by atoms with Crippen LogP contribution >= 0.6 is 0 Å². The molecule has 3 rings (SSSR count). The van der Waals surface area contributed by atoms with Crippen LogP contribution in [0.25, 0.3) is 6.08 Å². The molecule has 140 valence electrons. The van der Waals surface area contributed by atoms with Gasteiger partial charge in [-0.05, 0) is 25.1 Å². The van der Waals surface area contributed by atoms with Crippen LogP contribution in [0.5, 0.6) is 5.75 Å². The van der Waals surface area contributed by atoms with E-state index in [1.165, 1.54) is 19.2 Å². The number of H-pyrrole nitrogens is 1. The van der Waals surface area contributed by atoms with Gasteiger partial charge in [0.2, 0.25) is 5.82 Å². The molecule has 8 heteroatoms. The maximum Gasteiger partial charge on any atom is 0.379 e. The van der Waals surface area contributed by atoms with Crippen LogP contribution in [0.1, 0.15) is 23.2 Å². The Morgan fingerprint density at radius 1 is 1.19 bits per heavy atom. The minimum atomic E-state index is -0.662. The Morgan fingerprint density at radius 3 is 2.56 bits per heavy atom. The SMILES string of the molecule is CC(=O)C(=Cc1cnc(C(=O)Oc2ccccc2)[nH]1)C(=O)N1CCOCC1. The average molecular weight is 369 g/mol. The Balaban J connectivity index is 1.75. The lowest BCUT2D eigenvalue weighted by atomic mass is 10.1. The van der Waals surface area contributed by atoms with E-state index >= 15 is 0 Å². The number of ether oxygens (including phenoxy) is 2. The molecule has 0 unspecified atom stereocenters. The van der Waals surface area contributed by atoms with E-state index in [0.29, 0.717) is 37.7 Å². The molecule has 2 aromatic rings. The van der Waals surface area contributed by atoms with Crippen molar-refractivity contribution in [2.24, 2.45) is 0 Å². The summed E-state index contributed by atoms with van der Waals surface area (Å²) in [6.45, 7) is 3.07. The molecular weight excluding hydrogens is 350 g/mol. The first kappa shape index (κ1) is 18.5. The number of nitrogens with zero attached hydrogens (tertiary/aromatic N) is 2. The van der Waals surface area contributed by atoms with Crippen molar-refractivity contribution in [3.05, 3.63) is 53.6 Å². The zero-order valence-electron chi connectivity index (χ0n) is 14.8. The summed E-state index contributed by atoms with van der Waals surface area (Å²) >= 11 is 0. The molecule has 0 aliphatic carbocycles. The molecule has 1 saturated heterocycles. The third-order valence-corrected chi connectivity index (χ3v) is 3.95. The van der Waals surface area contributed by atoms with Crippen molar-refractivity contribution < 1.29 is 23.9 Å². The number of para-hydroxylation sites is 1. The molecule has 8 nitrogen and oxygen atoms in total. The van der Waals surface area contributed by atoms with Gasteiger partial charge in [-0.25, -0.2) is 9.78 Å². The number of Topliss-reactive ketones (excluding diaryl/α,β-unsaturated/α-hetero) is 1. The molecule has 1 aliphatic heterocycles. The van der Waals surface area contributed by atoms with Gasteiger partial charge in [-0.2, -0.15) is 0 Å². The molecule has 1 amide bonds. The molecule has 1 fully saturated rings. The summed E-state index contributed by atoms with van der Waals surface area (Å²) in [6.07, 6.45) is 2.77. The van der Waals surface area contributed by atoms with Gasteiger partial charge in [-0.1, -0.05) is 18.2 Å². The van der Waals surface area contributed by atoms with Crippen molar-refractivity contribution in [1.29, 1.82) is 0 Å². The van der Waals surface area contributed by atoms with Crippen LogP contribution in [0, 0.1) is 0 Å². The van der Waals surface area contributed by atoms with Gasteiger partial charge in [0, 0.05) is 13.1 Å². The largest absolute Gasteiger partial charge is 0.421 e. The van der Waals surface area contributed by atoms with Crippen molar-refractivity contribution in [2.45, 2.75) is 6.92 Å². The van der Waals surface area contributed by atoms with Gasteiger partial charge in [0.05, 0.1) is 30.7 Å². The minimum absolute atomic E-state index is 0.0172. The molecule has 2 heterocycles. The van der Waals surface area contributed by atoms with Crippen molar-refractivity contribution in [3.8, 4) is 5.75 Å². The number of rotatable bonds is 5. The Labute approximate surface area is 155 Å². The summed E-state index contributed by atoms with van der Waals surface area (Å²) in [5.74, 6) is -1.03. The molecule has 1 aromatic carbocycles. The van der Waals surface area contributed by atoms with Crippen molar-refractivity contribution in [3.63, 3.8) is 0 Å². The molecule has 27 heavy (non-hydrogen) atoms. The summed E-state index contributed by atoms with van der Waals surface area (Å²) in [5, 5.41) is 0. The first-order valence-corrected chi connectivity index (χ1v) is 8.46. The minimum Gasteiger partial charge on any atom is -0.421 e. The number of ketones is 1. The normalized spacial score (nSPS) is 14.7. The highest BCUT2D eigenvalue weighted by molar-refractivity contribution is 6.21. The maximum absolute atomic E-state index is 12.6. The fourth-order valence-electron chi connectivity index (χ4n) is 2.56. The number of benzene rings is 1. The van der Waals surface area contributed by atoms with Crippen molar-refractivity contribution >= 4 is 23.7 Å². The second kappa shape index (κ2) is 8.41. The maximum atomic E-state index is 12.6. The first-order valence-electron chi connectivity index (χ1n) is 8.46. The number of carbonyl (C=O) groups is 3. The Kier molecular flexibility index (Phi) is 5.77. The zero-order valence-corrected chi connectivity index (χ0v) is 14.8. The van der Waals surface area contributed by atoms with Gasteiger partial charge in [0.1, 0.15) is 5.75 Å². The van der Waals surface area contributed by atoms with Gasteiger partial charge in [-0.3, -0.25) is 9.59 Å². The summed E-state index contributed by atoms with van der Waals surface area (Å²) < 4.78 is 10.4. The molecule has 0 atom stereocenters. The molecular formula is C19H19N3O5. The third kappa shape index (κ3) is 4.68. The zero-order chi connectivity index (χ0) is 19.2. The van der Waals surface area contributed by atoms with Crippen LogP contribution in [0.2, 0.25) is 0 Å². The van der Waals surface area contributed by atoms with E-state index in [1.54, 1.807) is 29.2 Å². The second-order valence-electron chi connectivity index (χ2n) is 5.91. The van der Waals surface area contributed by atoms with Crippen LogP contribution in [0.4, 0.5) is 0 Å². The van der Waals surface area contributed by atoms with Crippen LogP contribution in [0.15, 0.2) is 42.1 Å². The number of nitrogens with one attached hydrogen (secondary N) is 1. The Hall–Kier alpha value is -3.26. The topological polar surface area (TPSA) is 102 Å². The van der Waals surface area contributed by atoms with E-state index in [9.17, 15) is 14.4 Å². The number of amides is 1. The summed E-state index contributed by atoms with van der Waals surface area (Å²) in [5.41, 5.74) is 0.380. The van der Waals surface area contributed by atoms with Crippen LogP contribution in [-0.4, -0.2) is 58.8 Å². The highest BCUT2D eigenvalue weighted by Crippen LogP contribution is 2.13. The highest BCUT2D eigenvalue weighted by atomic mass is 16.5. The van der Waals surface area contributed by atoms with Crippen molar-refractivity contribution in [2.75, 3.05) is 26.3 Å². The fraction of sp³-hybridized carbons (Fsp3) is 0.263. The fourth-order valence-corrected chi connectivity index (χ4v) is 2.56. The third-order valence-electron chi connectivity index (χ3n) is 3.95. The predicted molar refractivity (Wildman–Crippen MR) is 96.0 cm³/mol. The van der Waals surface area contributed by atoms with Gasteiger partial charge < -0.3 is 19.4 Å². The van der Waals surface area contributed by atoms with Gasteiger partial charge in [-0.15, -0.1) is 0 Å². The summed E-state index contributed by atoms with van der Waals surface area (Å²) in [7, 11) is 0. The Morgan fingerprint density at radius 2 is 1.89 bits per heavy atom. The number of aromatic amines is 1. The number of esters is 1. The summed E-state index contributed by atoms with van der Waals surface area (Å²) in [4.78, 5) is 45.0. The molecule has 1 aliphatic rings. The van der Waals surface area contributed by atoms with Crippen LogP contribution < -0.4 is 4.74 Å². The lowest BCUT2D eigenvalue weighted by Gasteiger charge is -2.27. The van der Waals surface area contributed by atoms with Gasteiger partial charge in [0.25, 0.3) is 5.91 Å². The number of aromatic nitrogens is 2. The highest BCUT2D eigenvalue weighted by Gasteiger charge is 2.24. The molecule has 0 bridgehead atoms. The summed E-state index contributed by atoms with van der Waals surface area (Å²) in [6, 6.07) is 8.60. The molecule has 0 saturated carbocycles. The smallest absolute Gasteiger partial charge is 0.379 e. The van der Waals surface area contributed by atoms with E-state index in [-0.39, 0.29) is 23.1 Å². The second-order valence-corrected chi connectivity index (χ2v) is 5.91. The standard InChI is InChI=1S/C19H19N3O5/c1-13(23)16(18(24)22-7-9-26-10-8-22)11-14-12-20-17(21-14)19(25)27-15-5-3-2-4-6-15/h2-6,11-12H,7-10H2,1H3,(H,20,21). The number of hydrogen-bond acceptors (Lipinski definition) is 6. The number of imidazole rings is 1. The van der Waals surface area contributed by atoms with E-state index in [4.69, 9.17) is 9.47 Å². The van der Waals surface area contributed by atoms with Crippen molar-refractivity contribution in [1.82, 2.24) is 14.9 Å². The molecule has 0 spiro atoms. The number of carbonyl (C=O) groups excluding carboxylic acids is 3. The van der Waals surface area contributed by atoms with E-state index in [2.05, 4.69) is 9.97 Å². The Bertz CT molecular complexity index is 866. The average Bonchev–Trinajstić information content (AvgIpc) is 3.16. The molecule has 0 radical (unpaired) electrons. The predicted octanol–water partition coefficient (Wildman–Crippen LogP) is 1.46. The van der Waals surface area contributed by atoms with Gasteiger partial charge in [0.15, 0.2) is 5.78 Å². The monoisotopic (exact) mass is 369 g/mol. The van der Waals surface area contributed by atoms with E-state index in [1.807, 2.05) is 6.07 Å². The lowest BCUT2D eigenvalue weighted by Crippen LogP contribution is -2.42.